The Bertz CT molecular complexity index is 613. The first-order chi connectivity index (χ1) is 8.83. The van der Waals surface area contributed by atoms with Crippen molar-refractivity contribution in [2.24, 2.45) is 5.73 Å². The quantitative estimate of drug-likeness (QED) is 0.763. The number of aromatic nitrogens is 1. The Balaban J connectivity index is 1.86. The number of para-hydroxylation sites is 2. The Kier molecular flexibility index (Phi) is 2.82. The standard InChI is InChI=1S/C15H14N2O/c16-12(10-11-6-2-1-3-7-11)15-17-13-8-4-5-9-14(13)18-15/h1-9,12H,10,16H2/t12-/m1/s1. The lowest BCUT2D eigenvalue weighted by molar-refractivity contribution is 0.474. The second-order valence-corrected chi connectivity index (χ2v) is 4.32. The summed E-state index contributed by atoms with van der Waals surface area (Å²) in [6.45, 7) is 0. The minimum Gasteiger partial charge on any atom is -0.439 e. The molecule has 90 valence electrons. The van der Waals surface area contributed by atoms with Crippen LogP contribution in [0.1, 0.15) is 17.5 Å². The van der Waals surface area contributed by atoms with Gasteiger partial charge in [-0.25, -0.2) is 4.98 Å². The molecule has 0 aliphatic rings. The predicted molar refractivity (Wildman–Crippen MR) is 71.1 cm³/mol. The van der Waals surface area contributed by atoms with Crippen molar-refractivity contribution in [2.45, 2.75) is 12.5 Å². The molecule has 0 saturated carbocycles. The summed E-state index contributed by atoms with van der Waals surface area (Å²) in [5.41, 5.74) is 8.97. The Morgan fingerprint density at radius 3 is 2.50 bits per heavy atom. The van der Waals surface area contributed by atoms with Crippen molar-refractivity contribution in [3.63, 3.8) is 0 Å². The average Bonchev–Trinajstić information content (AvgIpc) is 2.84. The molecular weight excluding hydrogens is 224 g/mol. The number of fused-ring (bicyclic) bond motifs is 1. The van der Waals surface area contributed by atoms with Crippen LogP contribution in [-0.4, -0.2) is 4.98 Å². The molecule has 3 heteroatoms. The first-order valence-electron chi connectivity index (χ1n) is 5.98. The van der Waals surface area contributed by atoms with Crippen LogP contribution < -0.4 is 5.73 Å². The molecule has 0 fully saturated rings. The third kappa shape index (κ3) is 2.13. The fraction of sp³-hybridized carbons (Fsp3) is 0.133. The molecule has 18 heavy (non-hydrogen) atoms. The van der Waals surface area contributed by atoms with Gasteiger partial charge in [-0.15, -0.1) is 0 Å². The number of hydrogen-bond donors (Lipinski definition) is 1. The molecule has 0 radical (unpaired) electrons. The number of hydrogen-bond acceptors (Lipinski definition) is 3. The highest BCUT2D eigenvalue weighted by atomic mass is 16.3. The van der Waals surface area contributed by atoms with E-state index in [-0.39, 0.29) is 6.04 Å². The van der Waals surface area contributed by atoms with Gasteiger partial charge in [-0.2, -0.15) is 0 Å². The van der Waals surface area contributed by atoms with Crippen molar-refractivity contribution in [2.75, 3.05) is 0 Å². The van der Waals surface area contributed by atoms with E-state index in [0.29, 0.717) is 5.89 Å². The molecule has 2 N–H and O–H groups in total. The maximum absolute atomic E-state index is 6.13. The van der Waals surface area contributed by atoms with E-state index in [4.69, 9.17) is 10.2 Å². The van der Waals surface area contributed by atoms with Gasteiger partial charge in [0.2, 0.25) is 5.89 Å². The van der Waals surface area contributed by atoms with Gasteiger partial charge in [0.05, 0.1) is 6.04 Å². The maximum atomic E-state index is 6.13. The molecule has 0 bridgehead atoms. The van der Waals surface area contributed by atoms with Crippen LogP contribution >= 0.6 is 0 Å². The van der Waals surface area contributed by atoms with Gasteiger partial charge in [-0.1, -0.05) is 42.5 Å². The normalized spacial score (nSPS) is 12.7. The van der Waals surface area contributed by atoms with Gasteiger partial charge >= 0.3 is 0 Å². The maximum Gasteiger partial charge on any atom is 0.212 e. The van der Waals surface area contributed by atoms with E-state index in [1.54, 1.807) is 0 Å². The number of nitrogens with zero attached hydrogens (tertiary/aromatic N) is 1. The van der Waals surface area contributed by atoms with E-state index in [1.807, 2.05) is 42.5 Å². The summed E-state index contributed by atoms with van der Waals surface area (Å²) in [5.74, 6) is 0.597. The van der Waals surface area contributed by atoms with Crippen molar-refractivity contribution < 1.29 is 4.42 Å². The molecule has 1 atom stereocenters. The number of oxazole rings is 1. The van der Waals surface area contributed by atoms with Crippen molar-refractivity contribution in [3.8, 4) is 0 Å². The first-order valence-corrected chi connectivity index (χ1v) is 5.98. The topological polar surface area (TPSA) is 52.0 Å². The van der Waals surface area contributed by atoms with Crippen LogP contribution in [0, 0.1) is 0 Å². The van der Waals surface area contributed by atoms with Crippen LogP contribution in [0.25, 0.3) is 11.1 Å². The van der Waals surface area contributed by atoms with E-state index in [0.717, 1.165) is 17.5 Å². The average molecular weight is 238 g/mol. The number of nitrogens with two attached hydrogens (primary N) is 1. The van der Waals surface area contributed by atoms with Crippen molar-refractivity contribution in [1.29, 1.82) is 0 Å². The van der Waals surface area contributed by atoms with E-state index in [9.17, 15) is 0 Å². The molecule has 2 aromatic carbocycles. The Morgan fingerprint density at radius 1 is 1.00 bits per heavy atom. The summed E-state index contributed by atoms with van der Waals surface area (Å²) in [5, 5.41) is 0. The van der Waals surface area contributed by atoms with E-state index < -0.39 is 0 Å². The van der Waals surface area contributed by atoms with Crippen molar-refractivity contribution in [3.05, 3.63) is 66.1 Å². The molecule has 1 heterocycles. The van der Waals surface area contributed by atoms with Crippen LogP contribution in [-0.2, 0) is 6.42 Å². The first kappa shape index (κ1) is 11.0. The zero-order chi connectivity index (χ0) is 12.4. The molecule has 3 nitrogen and oxygen atoms in total. The molecule has 0 aliphatic carbocycles. The molecule has 3 aromatic rings. The molecule has 1 aromatic heterocycles. The highest BCUT2D eigenvalue weighted by Crippen LogP contribution is 2.21. The highest BCUT2D eigenvalue weighted by molar-refractivity contribution is 5.72. The summed E-state index contributed by atoms with van der Waals surface area (Å²) in [7, 11) is 0. The largest absolute Gasteiger partial charge is 0.439 e. The smallest absolute Gasteiger partial charge is 0.212 e. The van der Waals surface area contributed by atoms with Gasteiger partial charge in [0.15, 0.2) is 5.58 Å². The zero-order valence-electron chi connectivity index (χ0n) is 9.91. The molecule has 0 saturated heterocycles. The second kappa shape index (κ2) is 4.63. The van der Waals surface area contributed by atoms with Crippen LogP contribution in [0.5, 0.6) is 0 Å². The zero-order valence-corrected chi connectivity index (χ0v) is 9.91. The number of benzene rings is 2. The molecule has 0 unspecified atom stereocenters. The Labute approximate surface area is 105 Å². The van der Waals surface area contributed by atoms with Gasteiger partial charge in [0, 0.05) is 0 Å². The monoisotopic (exact) mass is 238 g/mol. The SMILES string of the molecule is N[C@H](Cc1ccccc1)c1nc2ccccc2o1. The lowest BCUT2D eigenvalue weighted by Crippen LogP contribution is -2.13. The van der Waals surface area contributed by atoms with Gasteiger partial charge < -0.3 is 10.2 Å². The van der Waals surface area contributed by atoms with Crippen LogP contribution in [0.2, 0.25) is 0 Å². The van der Waals surface area contributed by atoms with Crippen LogP contribution in [0.4, 0.5) is 0 Å². The van der Waals surface area contributed by atoms with Gasteiger partial charge in [-0.05, 0) is 24.1 Å². The third-order valence-electron chi connectivity index (χ3n) is 2.93. The fourth-order valence-electron chi connectivity index (χ4n) is 2.00. The summed E-state index contributed by atoms with van der Waals surface area (Å²) in [6, 6.07) is 17.6. The summed E-state index contributed by atoms with van der Waals surface area (Å²) in [4.78, 5) is 4.42. The minimum absolute atomic E-state index is 0.209. The fourth-order valence-corrected chi connectivity index (χ4v) is 2.00. The van der Waals surface area contributed by atoms with Gasteiger partial charge in [0.25, 0.3) is 0 Å². The molecule has 0 amide bonds. The number of rotatable bonds is 3. The van der Waals surface area contributed by atoms with E-state index >= 15 is 0 Å². The van der Waals surface area contributed by atoms with Crippen LogP contribution in [0.15, 0.2) is 59.0 Å². The second-order valence-electron chi connectivity index (χ2n) is 4.32. The van der Waals surface area contributed by atoms with Crippen molar-refractivity contribution >= 4 is 11.1 Å². The van der Waals surface area contributed by atoms with Gasteiger partial charge in [-0.3, -0.25) is 0 Å². The summed E-state index contributed by atoms with van der Waals surface area (Å²) >= 11 is 0. The lowest BCUT2D eigenvalue weighted by Gasteiger charge is -2.06. The van der Waals surface area contributed by atoms with E-state index in [1.165, 1.54) is 5.56 Å². The summed E-state index contributed by atoms with van der Waals surface area (Å²) in [6.07, 6.45) is 0.730. The lowest BCUT2D eigenvalue weighted by atomic mass is 10.1. The van der Waals surface area contributed by atoms with Crippen LogP contribution in [0.3, 0.4) is 0 Å². The molecular formula is C15H14N2O. The Hall–Kier alpha value is -2.13. The third-order valence-corrected chi connectivity index (χ3v) is 2.93. The van der Waals surface area contributed by atoms with E-state index in [2.05, 4.69) is 17.1 Å². The van der Waals surface area contributed by atoms with Crippen molar-refractivity contribution in [1.82, 2.24) is 4.98 Å². The molecule has 0 spiro atoms. The summed E-state index contributed by atoms with van der Waals surface area (Å²) < 4.78 is 5.67. The highest BCUT2D eigenvalue weighted by Gasteiger charge is 2.14. The van der Waals surface area contributed by atoms with Gasteiger partial charge in [0.1, 0.15) is 5.52 Å². The molecule has 0 aliphatic heterocycles. The predicted octanol–water partition coefficient (Wildman–Crippen LogP) is 3.07. The molecule has 3 rings (SSSR count). The minimum atomic E-state index is -0.209. The Morgan fingerprint density at radius 2 is 1.72 bits per heavy atom.